The van der Waals surface area contributed by atoms with E-state index in [1.807, 2.05) is 27.7 Å². The Kier molecular flexibility index (Phi) is 13.4. The van der Waals surface area contributed by atoms with Gasteiger partial charge in [0.25, 0.3) is 0 Å². The summed E-state index contributed by atoms with van der Waals surface area (Å²) in [5, 5.41) is 2.85. The lowest BCUT2D eigenvalue weighted by atomic mass is 9.91. The van der Waals surface area contributed by atoms with Crippen LogP contribution in [0.2, 0.25) is 0 Å². The summed E-state index contributed by atoms with van der Waals surface area (Å²) in [6, 6.07) is 0. The molecule has 0 aromatic heterocycles. The van der Waals surface area contributed by atoms with Crippen molar-refractivity contribution < 1.29 is 23.9 Å². The van der Waals surface area contributed by atoms with E-state index >= 15 is 0 Å². The van der Waals surface area contributed by atoms with Crippen molar-refractivity contribution in [2.75, 3.05) is 26.9 Å². The topological polar surface area (TPSA) is 81.7 Å². The zero-order chi connectivity index (χ0) is 19.3. The van der Waals surface area contributed by atoms with Crippen LogP contribution in [0.3, 0.4) is 0 Å². The summed E-state index contributed by atoms with van der Waals surface area (Å²) in [6.07, 6.45) is 0.917. The number of hydrogen-bond acceptors (Lipinski definition) is 5. The van der Waals surface area contributed by atoms with Crippen LogP contribution in [0.4, 0.5) is 0 Å². The van der Waals surface area contributed by atoms with Gasteiger partial charge in [0.2, 0.25) is 5.91 Å². The van der Waals surface area contributed by atoms with E-state index in [1.165, 1.54) is 7.11 Å². The van der Waals surface area contributed by atoms with Crippen molar-refractivity contribution >= 4 is 18.2 Å². The Hall–Kier alpha value is -1.43. The summed E-state index contributed by atoms with van der Waals surface area (Å²) >= 11 is 0. The van der Waals surface area contributed by atoms with E-state index in [0.717, 1.165) is 6.29 Å². The largest absolute Gasteiger partial charge is 0.464 e. The Labute approximate surface area is 146 Å². The normalized spacial score (nSPS) is 13.1. The molecule has 0 radical (unpaired) electrons. The molecular formula is C18H35NO5. The summed E-state index contributed by atoms with van der Waals surface area (Å²) < 4.78 is 10.2. The average molecular weight is 345 g/mol. The van der Waals surface area contributed by atoms with Gasteiger partial charge in [0.1, 0.15) is 18.3 Å². The van der Waals surface area contributed by atoms with Gasteiger partial charge >= 0.3 is 5.97 Å². The predicted molar refractivity (Wildman–Crippen MR) is 94.5 cm³/mol. The van der Waals surface area contributed by atoms with Crippen LogP contribution in [-0.4, -0.2) is 45.0 Å². The first-order valence-electron chi connectivity index (χ1n) is 8.39. The molecule has 0 aliphatic rings. The van der Waals surface area contributed by atoms with E-state index in [-0.39, 0.29) is 36.9 Å². The molecule has 0 spiro atoms. The van der Waals surface area contributed by atoms with Gasteiger partial charge in [0.15, 0.2) is 0 Å². The zero-order valence-corrected chi connectivity index (χ0v) is 16.5. The van der Waals surface area contributed by atoms with Crippen LogP contribution in [0.5, 0.6) is 0 Å². The molecule has 1 amide bonds. The van der Waals surface area contributed by atoms with Gasteiger partial charge in [-0.2, -0.15) is 0 Å². The second kappa shape index (κ2) is 12.9. The fourth-order valence-corrected chi connectivity index (χ4v) is 1.40. The molecule has 1 atom stereocenters. The maximum absolute atomic E-state index is 12.2. The van der Waals surface area contributed by atoms with E-state index in [2.05, 4.69) is 5.32 Å². The molecule has 0 aromatic rings. The molecule has 1 N–H and O–H groups in total. The molecule has 0 heterocycles. The summed E-state index contributed by atoms with van der Waals surface area (Å²) in [4.78, 5) is 33.2. The summed E-state index contributed by atoms with van der Waals surface area (Å²) in [7, 11) is 1.53. The molecule has 0 bridgehead atoms. The summed E-state index contributed by atoms with van der Waals surface area (Å²) in [6.45, 7) is 13.8. The highest BCUT2D eigenvalue weighted by atomic mass is 16.5. The number of carbonyl (C=O) groups excluding carboxylic acids is 3. The van der Waals surface area contributed by atoms with Crippen LogP contribution in [0, 0.1) is 23.2 Å². The number of ether oxygens (including phenoxy) is 2. The first kappa shape index (κ1) is 24.8. The second-order valence-corrected chi connectivity index (χ2v) is 7.24. The molecule has 0 aliphatic carbocycles. The molecule has 6 nitrogen and oxygen atoms in total. The smallest absolute Gasteiger partial charge is 0.308 e. The van der Waals surface area contributed by atoms with E-state index in [9.17, 15) is 14.4 Å². The third kappa shape index (κ3) is 12.0. The van der Waals surface area contributed by atoms with Crippen LogP contribution >= 0.6 is 0 Å². The van der Waals surface area contributed by atoms with Crippen molar-refractivity contribution in [3.63, 3.8) is 0 Å². The third-order valence-corrected chi connectivity index (χ3v) is 2.96. The number of amides is 1. The SMILES string of the molecule is CC(C)C=O.COCC(C)(COC(=O)C(C)C)C(=O)NCC(C)C. The number of aldehydes is 1. The van der Waals surface area contributed by atoms with Gasteiger partial charge in [-0.05, 0) is 12.8 Å². The highest BCUT2D eigenvalue weighted by molar-refractivity contribution is 5.83. The van der Waals surface area contributed by atoms with Crippen LogP contribution in [-0.2, 0) is 23.9 Å². The van der Waals surface area contributed by atoms with Crippen molar-refractivity contribution in [1.82, 2.24) is 5.32 Å². The Morgan fingerprint density at radius 2 is 1.58 bits per heavy atom. The van der Waals surface area contributed by atoms with Gasteiger partial charge in [0, 0.05) is 19.6 Å². The maximum Gasteiger partial charge on any atom is 0.308 e. The van der Waals surface area contributed by atoms with Crippen LogP contribution in [0.25, 0.3) is 0 Å². The minimum Gasteiger partial charge on any atom is -0.464 e. The summed E-state index contributed by atoms with van der Waals surface area (Å²) in [5.41, 5.74) is -0.853. The van der Waals surface area contributed by atoms with E-state index in [0.29, 0.717) is 12.5 Å². The fraction of sp³-hybridized carbons (Fsp3) is 0.833. The second-order valence-electron chi connectivity index (χ2n) is 7.24. The lowest BCUT2D eigenvalue weighted by Gasteiger charge is -2.27. The number of methoxy groups -OCH3 is 1. The minimum absolute atomic E-state index is 0.0295. The maximum atomic E-state index is 12.2. The van der Waals surface area contributed by atoms with Gasteiger partial charge in [-0.15, -0.1) is 0 Å². The molecule has 0 saturated carbocycles. The van der Waals surface area contributed by atoms with E-state index in [1.54, 1.807) is 20.8 Å². The van der Waals surface area contributed by atoms with Gasteiger partial charge in [-0.25, -0.2) is 0 Å². The lowest BCUT2D eigenvalue weighted by Crippen LogP contribution is -2.46. The van der Waals surface area contributed by atoms with Crippen molar-refractivity contribution in [3.8, 4) is 0 Å². The first-order chi connectivity index (χ1) is 11.0. The molecule has 6 heteroatoms. The van der Waals surface area contributed by atoms with Crippen molar-refractivity contribution in [1.29, 1.82) is 0 Å². The van der Waals surface area contributed by atoms with Crippen LogP contribution < -0.4 is 5.32 Å². The highest BCUT2D eigenvalue weighted by Crippen LogP contribution is 2.18. The number of carbonyl (C=O) groups is 3. The van der Waals surface area contributed by atoms with Crippen molar-refractivity contribution in [2.45, 2.75) is 48.5 Å². The zero-order valence-electron chi connectivity index (χ0n) is 16.5. The molecule has 0 aliphatic heterocycles. The van der Waals surface area contributed by atoms with Gasteiger partial charge in [-0.1, -0.05) is 41.5 Å². The molecule has 142 valence electrons. The predicted octanol–water partition coefficient (Wildman–Crippen LogP) is 2.45. The molecule has 0 saturated heterocycles. The number of nitrogens with one attached hydrogen (secondary N) is 1. The monoisotopic (exact) mass is 345 g/mol. The Balaban J connectivity index is 0. The average Bonchev–Trinajstić information content (AvgIpc) is 2.50. The van der Waals surface area contributed by atoms with Gasteiger partial charge in [0.05, 0.1) is 12.5 Å². The minimum atomic E-state index is -0.853. The van der Waals surface area contributed by atoms with Crippen LogP contribution in [0.1, 0.15) is 48.5 Å². The molecule has 0 rings (SSSR count). The molecular weight excluding hydrogens is 310 g/mol. The van der Waals surface area contributed by atoms with Gasteiger partial charge in [-0.3, -0.25) is 9.59 Å². The first-order valence-corrected chi connectivity index (χ1v) is 8.39. The summed E-state index contributed by atoms with van der Waals surface area (Å²) in [5.74, 6) is -0.0897. The van der Waals surface area contributed by atoms with Crippen molar-refractivity contribution in [3.05, 3.63) is 0 Å². The van der Waals surface area contributed by atoms with E-state index in [4.69, 9.17) is 9.47 Å². The van der Waals surface area contributed by atoms with Gasteiger partial charge < -0.3 is 19.6 Å². The molecule has 1 unspecified atom stereocenters. The number of hydrogen-bond donors (Lipinski definition) is 1. The number of rotatable bonds is 9. The third-order valence-electron chi connectivity index (χ3n) is 2.96. The van der Waals surface area contributed by atoms with Crippen molar-refractivity contribution in [2.24, 2.45) is 23.2 Å². The quantitative estimate of drug-likeness (QED) is 0.513. The Morgan fingerprint density at radius 1 is 1.08 bits per heavy atom. The highest BCUT2D eigenvalue weighted by Gasteiger charge is 2.35. The van der Waals surface area contributed by atoms with Crippen LogP contribution in [0.15, 0.2) is 0 Å². The molecule has 0 fully saturated rings. The molecule has 24 heavy (non-hydrogen) atoms. The Bertz CT molecular complexity index is 380. The number of esters is 1. The Morgan fingerprint density at radius 3 is 1.92 bits per heavy atom. The fourth-order valence-electron chi connectivity index (χ4n) is 1.40. The lowest BCUT2D eigenvalue weighted by molar-refractivity contribution is -0.155. The standard InChI is InChI=1S/C14H27NO4.C4H8O/c1-10(2)7-15-13(17)14(5,8-18-6)9-19-12(16)11(3)4;1-4(2)3-5/h10-11H,7-9H2,1-6H3,(H,15,17);3-4H,1-2H3. The molecule has 0 aromatic carbocycles. The van der Waals surface area contributed by atoms with E-state index < -0.39 is 5.41 Å².